The molecule has 0 spiro atoms. The van der Waals surface area contributed by atoms with E-state index in [1.54, 1.807) is 0 Å². The van der Waals surface area contributed by atoms with Crippen LogP contribution in [-0.4, -0.2) is 29.9 Å². The van der Waals surface area contributed by atoms with Crippen molar-refractivity contribution in [3.63, 3.8) is 0 Å². The number of hydrogen-bond acceptors (Lipinski definition) is 6. The molecule has 11 rings (SSSR count). The van der Waals surface area contributed by atoms with Gasteiger partial charge >= 0.3 is 0 Å². The fraction of sp³-hybridized carbons (Fsp3) is 0.0667. The molecule has 0 bridgehead atoms. The number of hydrogen-bond donors (Lipinski definition) is 0. The van der Waals surface area contributed by atoms with Gasteiger partial charge in [-0.15, -0.1) is 0 Å². The number of fused-ring (bicyclic) bond motifs is 3. The van der Waals surface area contributed by atoms with Gasteiger partial charge in [0.05, 0.1) is 0 Å². The smallest absolute Gasteiger partial charge is 0.164 e. The first-order valence-electron chi connectivity index (χ1n) is 22.3. The fourth-order valence-corrected chi connectivity index (χ4v) is 8.65. The molecule has 0 aliphatic rings. The Morgan fingerprint density at radius 2 is 0.379 bits per heavy atom. The molecule has 0 fully saturated rings. The highest BCUT2D eigenvalue weighted by molar-refractivity contribution is 6.21. The lowest BCUT2D eigenvalue weighted by Crippen LogP contribution is -2.00. The van der Waals surface area contributed by atoms with Gasteiger partial charge in [-0.05, 0) is 71.5 Å². The average molecular weight is 849 g/mol. The quantitative estimate of drug-likeness (QED) is 0.142. The summed E-state index contributed by atoms with van der Waals surface area (Å²) < 4.78 is 0. The van der Waals surface area contributed by atoms with Crippen LogP contribution in [0.15, 0.2) is 194 Å². The zero-order chi connectivity index (χ0) is 44.7. The molecule has 0 aliphatic carbocycles. The van der Waals surface area contributed by atoms with E-state index >= 15 is 0 Å². The molecule has 6 nitrogen and oxygen atoms in total. The van der Waals surface area contributed by atoms with Gasteiger partial charge in [0.1, 0.15) is 0 Å². The summed E-state index contributed by atoms with van der Waals surface area (Å²) in [4.78, 5) is 30.1. The maximum Gasteiger partial charge on any atom is 0.164 e. The van der Waals surface area contributed by atoms with Gasteiger partial charge in [0, 0.05) is 33.4 Å². The molecular formula is C60H44N6. The lowest BCUT2D eigenvalue weighted by atomic mass is 9.84. The Morgan fingerprint density at radius 3 is 0.606 bits per heavy atom. The molecule has 0 radical (unpaired) electrons. The van der Waals surface area contributed by atoms with Crippen molar-refractivity contribution < 1.29 is 0 Å². The summed E-state index contributed by atoms with van der Waals surface area (Å²) in [6.07, 6.45) is 0. The van der Waals surface area contributed by atoms with Gasteiger partial charge < -0.3 is 0 Å². The highest BCUT2D eigenvalue weighted by Crippen LogP contribution is 2.45. The van der Waals surface area contributed by atoms with Gasteiger partial charge in [0.15, 0.2) is 34.9 Å². The lowest BCUT2D eigenvalue weighted by Gasteiger charge is -2.19. The topological polar surface area (TPSA) is 77.3 Å². The van der Waals surface area contributed by atoms with Crippen molar-refractivity contribution in [3.8, 4) is 90.6 Å². The summed E-state index contributed by atoms with van der Waals surface area (Å²) in [6, 6.07) is 68.1. The highest BCUT2D eigenvalue weighted by atomic mass is 15.0. The van der Waals surface area contributed by atoms with Crippen molar-refractivity contribution in [3.05, 3.63) is 216 Å². The molecule has 0 saturated carbocycles. The van der Waals surface area contributed by atoms with Gasteiger partial charge in [0.2, 0.25) is 0 Å². The first-order chi connectivity index (χ1) is 32.3. The van der Waals surface area contributed by atoms with Crippen LogP contribution >= 0.6 is 0 Å². The van der Waals surface area contributed by atoms with Crippen LogP contribution in [-0.2, 0) is 0 Å². The third kappa shape index (κ3) is 7.79. The van der Waals surface area contributed by atoms with Crippen molar-refractivity contribution in [1.29, 1.82) is 0 Å². The molecule has 314 valence electrons. The minimum absolute atomic E-state index is 0.622. The third-order valence-corrected chi connectivity index (χ3v) is 12.3. The van der Waals surface area contributed by atoms with Gasteiger partial charge in [-0.2, -0.15) is 0 Å². The van der Waals surface area contributed by atoms with E-state index in [0.717, 1.165) is 55.6 Å². The standard InChI is InChI=1S/C60H44N6/c1-37-13-21-43(22-14-37)55-61-56(44-23-15-38(2)16-24-44)64-59(63-55)47-33-29-41(30-34-47)53-51-11-7-5-9-49(51)50-10-6-8-12-52(50)54(53)42-31-35-48(36-32-42)60-65-57(45-25-17-39(3)18-26-45)62-58(66-60)46-27-19-40(4)20-28-46/h5-36H,1-4H3. The van der Waals surface area contributed by atoms with Crippen LogP contribution in [0.3, 0.4) is 0 Å². The van der Waals surface area contributed by atoms with Crippen LogP contribution in [0.4, 0.5) is 0 Å². The molecule has 2 heterocycles. The van der Waals surface area contributed by atoms with Crippen molar-refractivity contribution >= 4 is 21.5 Å². The summed E-state index contributed by atoms with van der Waals surface area (Å²) in [5.41, 5.74) is 14.8. The Labute approximate surface area is 384 Å². The van der Waals surface area contributed by atoms with Gasteiger partial charge in [-0.25, -0.2) is 29.9 Å². The van der Waals surface area contributed by atoms with Gasteiger partial charge in [-0.3, -0.25) is 0 Å². The van der Waals surface area contributed by atoms with Crippen LogP contribution in [0.2, 0.25) is 0 Å². The van der Waals surface area contributed by atoms with Crippen molar-refractivity contribution in [1.82, 2.24) is 29.9 Å². The number of aromatic nitrogens is 6. The average Bonchev–Trinajstić information content (AvgIpc) is 3.36. The summed E-state index contributed by atoms with van der Waals surface area (Å²) in [7, 11) is 0. The Morgan fingerprint density at radius 1 is 0.197 bits per heavy atom. The summed E-state index contributed by atoms with van der Waals surface area (Å²) in [5, 5.41) is 4.75. The predicted octanol–water partition coefficient (Wildman–Crippen LogP) is 14.9. The minimum atomic E-state index is 0.622. The van der Waals surface area contributed by atoms with Crippen LogP contribution in [0.1, 0.15) is 22.3 Å². The van der Waals surface area contributed by atoms with E-state index in [-0.39, 0.29) is 0 Å². The number of aryl methyl sites for hydroxylation is 4. The van der Waals surface area contributed by atoms with Crippen molar-refractivity contribution in [2.75, 3.05) is 0 Å². The molecule has 9 aromatic carbocycles. The molecular weight excluding hydrogens is 805 g/mol. The molecule has 6 heteroatoms. The maximum absolute atomic E-state index is 5.05. The predicted molar refractivity (Wildman–Crippen MR) is 271 cm³/mol. The van der Waals surface area contributed by atoms with Gasteiger partial charge in [0.25, 0.3) is 0 Å². The van der Waals surface area contributed by atoms with E-state index in [2.05, 4.69) is 222 Å². The molecule has 0 N–H and O–H groups in total. The second-order valence-corrected chi connectivity index (χ2v) is 17.1. The Balaban J connectivity index is 1.04. The Kier molecular flexibility index (Phi) is 10.3. The first kappa shape index (κ1) is 40.3. The van der Waals surface area contributed by atoms with E-state index in [1.807, 2.05) is 0 Å². The largest absolute Gasteiger partial charge is 0.208 e. The number of rotatable bonds is 8. The molecule has 0 saturated heterocycles. The van der Waals surface area contributed by atoms with Crippen LogP contribution in [0.5, 0.6) is 0 Å². The van der Waals surface area contributed by atoms with E-state index in [0.29, 0.717) is 34.9 Å². The number of benzene rings is 9. The fourth-order valence-electron chi connectivity index (χ4n) is 8.65. The normalized spacial score (nSPS) is 11.3. The lowest BCUT2D eigenvalue weighted by molar-refractivity contribution is 1.07. The first-order valence-corrected chi connectivity index (χ1v) is 22.3. The summed E-state index contributed by atoms with van der Waals surface area (Å²) in [6.45, 7) is 8.34. The Hall–Kier alpha value is -8.48. The Bertz CT molecular complexity index is 3200. The molecule has 11 aromatic rings. The zero-order valence-electron chi connectivity index (χ0n) is 37.2. The molecule has 0 unspecified atom stereocenters. The van der Waals surface area contributed by atoms with Crippen molar-refractivity contribution in [2.24, 2.45) is 0 Å². The van der Waals surface area contributed by atoms with Crippen molar-refractivity contribution in [2.45, 2.75) is 27.7 Å². The number of nitrogens with zero attached hydrogens (tertiary/aromatic N) is 6. The summed E-state index contributed by atoms with van der Waals surface area (Å²) >= 11 is 0. The molecule has 2 aromatic heterocycles. The second-order valence-electron chi connectivity index (χ2n) is 17.1. The van der Waals surface area contributed by atoms with Crippen LogP contribution in [0, 0.1) is 27.7 Å². The molecule has 0 aliphatic heterocycles. The van der Waals surface area contributed by atoms with E-state index in [4.69, 9.17) is 29.9 Å². The van der Waals surface area contributed by atoms with E-state index in [9.17, 15) is 0 Å². The zero-order valence-corrected chi connectivity index (χ0v) is 37.2. The highest BCUT2D eigenvalue weighted by Gasteiger charge is 2.20. The third-order valence-electron chi connectivity index (χ3n) is 12.3. The minimum Gasteiger partial charge on any atom is -0.208 e. The molecule has 66 heavy (non-hydrogen) atoms. The summed E-state index contributed by atoms with van der Waals surface area (Å²) in [5.74, 6) is 3.80. The monoisotopic (exact) mass is 848 g/mol. The van der Waals surface area contributed by atoms with Crippen LogP contribution < -0.4 is 0 Å². The maximum atomic E-state index is 5.05. The molecule has 0 atom stereocenters. The van der Waals surface area contributed by atoms with E-state index in [1.165, 1.54) is 43.8 Å². The van der Waals surface area contributed by atoms with Gasteiger partial charge in [-0.1, -0.05) is 216 Å². The molecule has 0 amide bonds. The second kappa shape index (κ2) is 16.9. The SMILES string of the molecule is Cc1ccc(-c2nc(-c3ccc(C)cc3)nc(-c3ccc(-c4c(-c5ccc(-c6nc(-c7ccc(C)cc7)nc(-c7ccc(C)cc7)n6)cc5)c5ccccc5c5ccccc45)cc3)n2)cc1. The van der Waals surface area contributed by atoms with Crippen LogP contribution in [0.25, 0.3) is 112 Å². The van der Waals surface area contributed by atoms with E-state index < -0.39 is 0 Å².